The number of hydrogen-bond acceptors (Lipinski definition) is 5. The minimum atomic E-state index is -0.928. The van der Waals surface area contributed by atoms with E-state index in [9.17, 15) is 19.5 Å². The van der Waals surface area contributed by atoms with Crippen molar-refractivity contribution in [2.75, 3.05) is 23.3 Å². The van der Waals surface area contributed by atoms with Gasteiger partial charge in [-0.3, -0.25) is 19.3 Å². The van der Waals surface area contributed by atoms with Crippen LogP contribution in [0.2, 0.25) is 0 Å². The minimum absolute atomic E-state index is 0.128. The SMILES string of the molecule is CC(=O)Nc1ccc(N2C(=O)CC(N3CCC(O)(c4ccc(Br)cc4)CC3)C2=O)cc1. The summed E-state index contributed by atoms with van der Waals surface area (Å²) in [6.07, 6.45) is 1.12. The normalized spacial score (nSPS) is 21.4. The van der Waals surface area contributed by atoms with E-state index in [0.29, 0.717) is 37.3 Å². The van der Waals surface area contributed by atoms with E-state index in [1.54, 1.807) is 24.3 Å². The van der Waals surface area contributed by atoms with E-state index in [1.165, 1.54) is 11.8 Å². The highest BCUT2D eigenvalue weighted by Gasteiger charge is 2.45. The van der Waals surface area contributed by atoms with Crippen LogP contribution in [0.1, 0.15) is 31.7 Å². The van der Waals surface area contributed by atoms with Gasteiger partial charge in [0.25, 0.3) is 5.91 Å². The molecule has 2 aromatic carbocycles. The molecule has 2 aromatic rings. The number of aliphatic hydroxyl groups is 1. The number of carbonyl (C=O) groups excluding carboxylic acids is 3. The first-order chi connectivity index (χ1) is 14.8. The van der Waals surface area contributed by atoms with Crippen molar-refractivity contribution < 1.29 is 19.5 Å². The minimum Gasteiger partial charge on any atom is -0.385 e. The van der Waals surface area contributed by atoms with Crippen LogP contribution in [0, 0.1) is 0 Å². The van der Waals surface area contributed by atoms with Crippen LogP contribution in [0.25, 0.3) is 0 Å². The largest absolute Gasteiger partial charge is 0.385 e. The molecule has 3 amide bonds. The molecule has 0 aliphatic carbocycles. The van der Waals surface area contributed by atoms with Crippen LogP contribution in [0.5, 0.6) is 0 Å². The molecule has 0 radical (unpaired) electrons. The van der Waals surface area contributed by atoms with Crippen molar-refractivity contribution >= 4 is 45.0 Å². The molecule has 0 spiro atoms. The molecule has 0 saturated carbocycles. The fourth-order valence-corrected chi connectivity index (χ4v) is 4.59. The van der Waals surface area contributed by atoms with Gasteiger partial charge in [-0.25, -0.2) is 4.90 Å². The van der Waals surface area contributed by atoms with Crippen molar-refractivity contribution in [2.24, 2.45) is 0 Å². The van der Waals surface area contributed by atoms with E-state index in [-0.39, 0.29) is 24.1 Å². The van der Waals surface area contributed by atoms with Gasteiger partial charge in [-0.05, 0) is 54.8 Å². The summed E-state index contributed by atoms with van der Waals surface area (Å²) in [6, 6.07) is 13.8. The smallest absolute Gasteiger partial charge is 0.251 e. The van der Waals surface area contributed by atoms with Gasteiger partial charge < -0.3 is 10.4 Å². The molecule has 31 heavy (non-hydrogen) atoms. The third kappa shape index (κ3) is 4.42. The monoisotopic (exact) mass is 485 g/mol. The highest BCUT2D eigenvalue weighted by Crippen LogP contribution is 2.36. The van der Waals surface area contributed by atoms with Crippen molar-refractivity contribution in [3.05, 3.63) is 58.6 Å². The zero-order valence-corrected chi connectivity index (χ0v) is 18.8. The van der Waals surface area contributed by atoms with Gasteiger partial charge in [0.15, 0.2) is 0 Å². The number of carbonyl (C=O) groups is 3. The zero-order chi connectivity index (χ0) is 22.2. The Morgan fingerprint density at radius 3 is 2.26 bits per heavy atom. The molecule has 0 bridgehead atoms. The van der Waals surface area contributed by atoms with Crippen LogP contribution in [-0.2, 0) is 20.0 Å². The molecular weight excluding hydrogens is 462 g/mol. The van der Waals surface area contributed by atoms with Gasteiger partial charge in [-0.2, -0.15) is 0 Å². The third-order valence-electron chi connectivity index (χ3n) is 6.02. The highest BCUT2D eigenvalue weighted by atomic mass is 79.9. The zero-order valence-electron chi connectivity index (χ0n) is 17.2. The van der Waals surface area contributed by atoms with Crippen LogP contribution < -0.4 is 10.2 Å². The molecule has 2 aliphatic rings. The molecule has 1 unspecified atom stereocenters. The van der Waals surface area contributed by atoms with Gasteiger partial charge in [-0.1, -0.05) is 28.1 Å². The maximum absolute atomic E-state index is 13.1. The number of halogens is 1. The summed E-state index contributed by atoms with van der Waals surface area (Å²) >= 11 is 3.41. The Morgan fingerprint density at radius 2 is 1.68 bits per heavy atom. The molecule has 8 heteroatoms. The Bertz CT molecular complexity index is 998. The maximum Gasteiger partial charge on any atom is 0.251 e. The molecule has 2 fully saturated rings. The molecule has 162 valence electrons. The molecule has 7 nitrogen and oxygen atoms in total. The molecule has 4 rings (SSSR count). The number of likely N-dealkylation sites (tertiary alicyclic amines) is 1. The molecule has 0 aromatic heterocycles. The Hall–Kier alpha value is -2.55. The predicted molar refractivity (Wildman–Crippen MR) is 120 cm³/mol. The Kier molecular flexibility index (Phi) is 5.96. The number of anilines is 2. The summed E-state index contributed by atoms with van der Waals surface area (Å²) in [5.41, 5.74) is 1.04. The molecule has 1 atom stereocenters. The number of imide groups is 1. The topological polar surface area (TPSA) is 90.0 Å². The van der Waals surface area contributed by atoms with Gasteiger partial charge in [0.2, 0.25) is 11.8 Å². The number of benzene rings is 2. The number of piperidine rings is 1. The van der Waals surface area contributed by atoms with Crippen molar-refractivity contribution in [1.29, 1.82) is 0 Å². The first kappa shape index (κ1) is 21.7. The van der Waals surface area contributed by atoms with Crippen LogP contribution >= 0.6 is 15.9 Å². The summed E-state index contributed by atoms with van der Waals surface area (Å²) in [7, 11) is 0. The van der Waals surface area contributed by atoms with Crippen molar-refractivity contribution in [3.8, 4) is 0 Å². The average Bonchev–Trinajstić information content (AvgIpc) is 3.03. The Labute approximate surface area is 189 Å². The summed E-state index contributed by atoms with van der Waals surface area (Å²) in [5.74, 6) is -0.670. The first-order valence-electron chi connectivity index (χ1n) is 10.2. The van der Waals surface area contributed by atoms with Crippen molar-refractivity contribution in [2.45, 2.75) is 37.8 Å². The standard InChI is InChI=1S/C23H24BrN3O4/c1-15(28)25-18-6-8-19(9-7-18)27-21(29)14-20(22(27)30)26-12-10-23(31,11-13-26)16-2-4-17(24)5-3-16/h2-9,20,31H,10-14H2,1H3,(H,25,28). The van der Waals surface area contributed by atoms with E-state index >= 15 is 0 Å². The Balaban J connectivity index is 1.43. The lowest BCUT2D eigenvalue weighted by molar-refractivity contribution is -0.124. The second-order valence-electron chi connectivity index (χ2n) is 8.09. The fourth-order valence-electron chi connectivity index (χ4n) is 4.32. The molecule has 2 saturated heterocycles. The van der Waals surface area contributed by atoms with Gasteiger partial charge in [0.1, 0.15) is 0 Å². The number of rotatable bonds is 4. The fraction of sp³-hybridized carbons (Fsp3) is 0.348. The van der Waals surface area contributed by atoms with E-state index in [0.717, 1.165) is 10.0 Å². The van der Waals surface area contributed by atoms with Crippen molar-refractivity contribution in [1.82, 2.24) is 4.90 Å². The third-order valence-corrected chi connectivity index (χ3v) is 6.54. The summed E-state index contributed by atoms with van der Waals surface area (Å²) in [4.78, 5) is 40.1. The molecule has 2 aliphatic heterocycles. The van der Waals surface area contributed by atoms with Gasteiger partial charge in [0.05, 0.1) is 23.8 Å². The van der Waals surface area contributed by atoms with E-state index < -0.39 is 11.6 Å². The number of nitrogens with one attached hydrogen (secondary N) is 1. The van der Waals surface area contributed by atoms with E-state index in [1.807, 2.05) is 29.2 Å². The molecular formula is C23H24BrN3O4. The van der Waals surface area contributed by atoms with Crippen LogP contribution in [-0.4, -0.2) is 46.9 Å². The second-order valence-corrected chi connectivity index (χ2v) is 9.01. The lowest BCUT2D eigenvalue weighted by Gasteiger charge is -2.40. The number of amides is 3. The molecule has 2 N–H and O–H groups in total. The van der Waals surface area contributed by atoms with E-state index in [4.69, 9.17) is 0 Å². The second kappa shape index (κ2) is 8.53. The van der Waals surface area contributed by atoms with Gasteiger partial charge in [0, 0.05) is 30.2 Å². The lowest BCUT2D eigenvalue weighted by Crippen LogP contribution is -2.49. The Morgan fingerprint density at radius 1 is 1.06 bits per heavy atom. The summed E-state index contributed by atoms with van der Waals surface area (Å²) in [6.45, 7) is 2.49. The predicted octanol–water partition coefficient (Wildman–Crippen LogP) is 3.02. The van der Waals surface area contributed by atoms with E-state index in [2.05, 4.69) is 21.2 Å². The quantitative estimate of drug-likeness (QED) is 0.649. The van der Waals surface area contributed by atoms with Crippen LogP contribution in [0.15, 0.2) is 53.0 Å². The summed E-state index contributed by atoms with van der Waals surface area (Å²) in [5, 5.41) is 13.8. The van der Waals surface area contributed by atoms with Gasteiger partial charge >= 0.3 is 0 Å². The van der Waals surface area contributed by atoms with Gasteiger partial charge in [-0.15, -0.1) is 0 Å². The highest BCUT2D eigenvalue weighted by molar-refractivity contribution is 9.10. The van der Waals surface area contributed by atoms with Crippen LogP contribution in [0.4, 0.5) is 11.4 Å². The van der Waals surface area contributed by atoms with Crippen LogP contribution in [0.3, 0.4) is 0 Å². The van der Waals surface area contributed by atoms with Crippen molar-refractivity contribution in [3.63, 3.8) is 0 Å². The lowest BCUT2D eigenvalue weighted by atomic mass is 9.84. The maximum atomic E-state index is 13.1. The average molecular weight is 486 g/mol. The number of nitrogens with zero attached hydrogens (tertiary/aromatic N) is 2. The number of hydrogen-bond donors (Lipinski definition) is 2. The molecule has 2 heterocycles. The summed E-state index contributed by atoms with van der Waals surface area (Å²) < 4.78 is 0.956. The first-order valence-corrected chi connectivity index (χ1v) is 11.0.